The van der Waals surface area contributed by atoms with E-state index in [4.69, 9.17) is 4.74 Å². The SMILES string of the molecule is COc1ccccc1N1CCN([C@H]2CCCC[C@@H]2NS(=O)(=O)c2ccccc2)CC1. The van der Waals surface area contributed by atoms with Crippen LogP contribution in [0.15, 0.2) is 59.5 Å². The second kappa shape index (κ2) is 9.37. The van der Waals surface area contributed by atoms with E-state index in [0.717, 1.165) is 63.3 Å². The van der Waals surface area contributed by atoms with E-state index in [1.54, 1.807) is 31.4 Å². The fraction of sp³-hybridized carbons (Fsp3) is 0.478. The van der Waals surface area contributed by atoms with Gasteiger partial charge < -0.3 is 9.64 Å². The molecule has 1 heterocycles. The van der Waals surface area contributed by atoms with Gasteiger partial charge in [0.25, 0.3) is 0 Å². The zero-order valence-electron chi connectivity index (χ0n) is 17.5. The number of rotatable bonds is 6. The molecule has 0 unspecified atom stereocenters. The molecule has 0 bridgehead atoms. The van der Waals surface area contributed by atoms with Gasteiger partial charge in [0.1, 0.15) is 5.75 Å². The van der Waals surface area contributed by atoms with Crippen LogP contribution in [0.3, 0.4) is 0 Å². The lowest BCUT2D eigenvalue weighted by molar-refractivity contribution is 0.124. The molecular weight excluding hydrogens is 398 g/mol. The van der Waals surface area contributed by atoms with Crippen LogP contribution in [-0.2, 0) is 10.0 Å². The normalized spacial score (nSPS) is 23.3. The van der Waals surface area contributed by atoms with Gasteiger partial charge in [0.15, 0.2) is 0 Å². The Hall–Kier alpha value is -2.09. The minimum atomic E-state index is -3.50. The van der Waals surface area contributed by atoms with Crippen molar-refractivity contribution < 1.29 is 13.2 Å². The van der Waals surface area contributed by atoms with Crippen LogP contribution < -0.4 is 14.4 Å². The average molecular weight is 430 g/mol. The van der Waals surface area contributed by atoms with E-state index in [-0.39, 0.29) is 12.1 Å². The summed E-state index contributed by atoms with van der Waals surface area (Å²) in [5.41, 5.74) is 1.13. The lowest BCUT2D eigenvalue weighted by Gasteiger charge is -2.44. The standard InChI is InChI=1S/C23H31N3O3S/c1-29-23-14-8-7-13-22(23)26-17-15-25(16-18-26)21-12-6-5-11-20(21)24-30(27,28)19-9-3-2-4-10-19/h2-4,7-10,13-14,20-21,24H,5-6,11-12,15-18H2,1H3/t20-,21-/m0/s1. The van der Waals surface area contributed by atoms with Crippen molar-refractivity contribution in [2.24, 2.45) is 0 Å². The summed E-state index contributed by atoms with van der Waals surface area (Å²) in [7, 11) is -1.79. The summed E-state index contributed by atoms with van der Waals surface area (Å²) >= 11 is 0. The summed E-state index contributed by atoms with van der Waals surface area (Å²) in [5.74, 6) is 0.900. The molecule has 1 N–H and O–H groups in total. The number of anilines is 1. The number of hydrogen-bond acceptors (Lipinski definition) is 5. The highest BCUT2D eigenvalue weighted by molar-refractivity contribution is 7.89. The van der Waals surface area contributed by atoms with Gasteiger partial charge in [-0.2, -0.15) is 0 Å². The van der Waals surface area contributed by atoms with E-state index in [9.17, 15) is 8.42 Å². The second-order valence-corrected chi connectivity index (χ2v) is 9.80. The Morgan fingerprint density at radius 1 is 0.900 bits per heavy atom. The molecular formula is C23H31N3O3S. The Kier molecular flexibility index (Phi) is 6.61. The maximum atomic E-state index is 12.9. The van der Waals surface area contributed by atoms with E-state index in [1.807, 2.05) is 24.3 Å². The van der Waals surface area contributed by atoms with E-state index in [1.165, 1.54) is 0 Å². The van der Waals surface area contributed by atoms with Crippen LogP contribution in [0.5, 0.6) is 5.75 Å². The van der Waals surface area contributed by atoms with Crippen LogP contribution in [0, 0.1) is 0 Å². The summed E-state index contributed by atoms with van der Waals surface area (Å²) in [6.45, 7) is 3.67. The number of nitrogens with zero attached hydrogens (tertiary/aromatic N) is 2. The fourth-order valence-corrected chi connectivity index (χ4v) is 6.06. The summed E-state index contributed by atoms with van der Waals surface area (Å²) in [5, 5.41) is 0. The highest BCUT2D eigenvalue weighted by Crippen LogP contribution is 2.30. The minimum Gasteiger partial charge on any atom is -0.495 e. The van der Waals surface area contributed by atoms with Crippen molar-refractivity contribution >= 4 is 15.7 Å². The number of ether oxygens (including phenoxy) is 1. The molecule has 30 heavy (non-hydrogen) atoms. The molecule has 2 aliphatic rings. The Balaban J connectivity index is 1.43. The van der Waals surface area contributed by atoms with Crippen LogP contribution in [0.1, 0.15) is 25.7 Å². The molecule has 1 saturated heterocycles. The molecule has 0 spiro atoms. The van der Waals surface area contributed by atoms with Crippen LogP contribution in [0.2, 0.25) is 0 Å². The van der Waals surface area contributed by atoms with Crippen molar-refractivity contribution in [3.05, 3.63) is 54.6 Å². The third-order valence-corrected chi connectivity index (χ3v) is 7.80. The lowest BCUT2D eigenvalue weighted by Crippen LogP contribution is -2.58. The molecule has 0 aromatic heterocycles. The molecule has 7 heteroatoms. The Morgan fingerprint density at radius 2 is 1.57 bits per heavy atom. The van der Waals surface area contributed by atoms with Crippen LogP contribution in [0.4, 0.5) is 5.69 Å². The number of para-hydroxylation sites is 2. The first kappa shape index (κ1) is 21.2. The lowest BCUT2D eigenvalue weighted by atomic mass is 9.89. The molecule has 1 saturated carbocycles. The molecule has 1 aliphatic heterocycles. The average Bonchev–Trinajstić information content (AvgIpc) is 2.80. The molecule has 2 atom stereocenters. The van der Waals surface area contributed by atoms with Gasteiger partial charge in [-0.25, -0.2) is 13.1 Å². The molecule has 162 valence electrons. The molecule has 0 radical (unpaired) electrons. The number of piperazine rings is 1. The van der Waals surface area contributed by atoms with Crippen LogP contribution in [-0.4, -0.2) is 58.7 Å². The Morgan fingerprint density at radius 3 is 2.30 bits per heavy atom. The topological polar surface area (TPSA) is 61.9 Å². The van der Waals surface area contributed by atoms with Crippen molar-refractivity contribution in [2.45, 2.75) is 42.7 Å². The van der Waals surface area contributed by atoms with Crippen molar-refractivity contribution in [3.8, 4) is 5.75 Å². The zero-order chi connectivity index (χ0) is 21.0. The molecule has 1 aliphatic carbocycles. The van der Waals surface area contributed by atoms with Crippen LogP contribution in [0.25, 0.3) is 0 Å². The molecule has 2 aromatic rings. The molecule has 2 fully saturated rings. The fourth-order valence-electron chi connectivity index (χ4n) is 4.74. The van der Waals surface area contributed by atoms with Crippen molar-refractivity contribution in [2.75, 3.05) is 38.2 Å². The first-order valence-corrected chi connectivity index (χ1v) is 12.3. The number of hydrogen-bond donors (Lipinski definition) is 1. The summed E-state index contributed by atoms with van der Waals surface area (Å²) in [6, 6.07) is 17.0. The number of benzene rings is 2. The van der Waals surface area contributed by atoms with Gasteiger partial charge in [0, 0.05) is 38.3 Å². The van der Waals surface area contributed by atoms with Crippen LogP contribution >= 0.6 is 0 Å². The van der Waals surface area contributed by atoms with E-state index in [0.29, 0.717) is 4.90 Å². The summed E-state index contributed by atoms with van der Waals surface area (Å²) in [6.07, 6.45) is 4.15. The highest BCUT2D eigenvalue weighted by atomic mass is 32.2. The zero-order valence-corrected chi connectivity index (χ0v) is 18.4. The first-order chi connectivity index (χ1) is 14.6. The number of sulfonamides is 1. The Labute approximate surface area is 179 Å². The second-order valence-electron chi connectivity index (χ2n) is 8.09. The molecule has 4 rings (SSSR count). The largest absolute Gasteiger partial charge is 0.495 e. The number of methoxy groups -OCH3 is 1. The van der Waals surface area contributed by atoms with E-state index < -0.39 is 10.0 Å². The smallest absolute Gasteiger partial charge is 0.240 e. The first-order valence-electron chi connectivity index (χ1n) is 10.8. The maximum Gasteiger partial charge on any atom is 0.240 e. The van der Waals surface area contributed by atoms with Crippen molar-refractivity contribution in [1.82, 2.24) is 9.62 Å². The predicted octanol–water partition coefficient (Wildman–Crippen LogP) is 3.11. The predicted molar refractivity (Wildman–Crippen MR) is 120 cm³/mol. The van der Waals surface area contributed by atoms with Gasteiger partial charge in [0.2, 0.25) is 10.0 Å². The van der Waals surface area contributed by atoms with Gasteiger partial charge >= 0.3 is 0 Å². The van der Waals surface area contributed by atoms with Crippen molar-refractivity contribution in [3.63, 3.8) is 0 Å². The summed E-state index contributed by atoms with van der Waals surface area (Å²) < 4.78 is 34.3. The molecule has 2 aromatic carbocycles. The van der Waals surface area contributed by atoms with Gasteiger partial charge in [-0.05, 0) is 37.1 Å². The van der Waals surface area contributed by atoms with Gasteiger partial charge in [0.05, 0.1) is 17.7 Å². The van der Waals surface area contributed by atoms with Gasteiger partial charge in [-0.3, -0.25) is 4.90 Å². The third-order valence-electron chi connectivity index (χ3n) is 6.30. The highest BCUT2D eigenvalue weighted by Gasteiger charge is 2.35. The van der Waals surface area contributed by atoms with Gasteiger partial charge in [-0.15, -0.1) is 0 Å². The Bertz CT molecular complexity index is 928. The van der Waals surface area contributed by atoms with E-state index >= 15 is 0 Å². The third kappa shape index (κ3) is 4.63. The van der Waals surface area contributed by atoms with Gasteiger partial charge in [-0.1, -0.05) is 43.2 Å². The summed E-state index contributed by atoms with van der Waals surface area (Å²) in [4.78, 5) is 5.18. The minimum absolute atomic E-state index is 0.0400. The maximum absolute atomic E-state index is 12.9. The monoisotopic (exact) mass is 429 g/mol. The van der Waals surface area contributed by atoms with E-state index in [2.05, 4.69) is 20.6 Å². The molecule has 0 amide bonds. The number of nitrogens with one attached hydrogen (secondary N) is 1. The molecule has 6 nitrogen and oxygen atoms in total. The van der Waals surface area contributed by atoms with Crippen molar-refractivity contribution in [1.29, 1.82) is 0 Å². The quantitative estimate of drug-likeness (QED) is 0.765.